The third kappa shape index (κ3) is 4.71. The van der Waals surface area contributed by atoms with Crippen molar-refractivity contribution in [2.24, 2.45) is 10.4 Å². The first-order chi connectivity index (χ1) is 9.46. The predicted octanol–water partition coefficient (Wildman–Crippen LogP) is 3.09. The van der Waals surface area contributed by atoms with Crippen LogP contribution < -0.4 is 10.1 Å². The van der Waals surface area contributed by atoms with Crippen LogP contribution in [0.25, 0.3) is 0 Å². The van der Waals surface area contributed by atoms with Gasteiger partial charge in [-0.2, -0.15) is 0 Å². The number of ether oxygens (including phenoxy) is 1. The maximum atomic E-state index is 5.05. The van der Waals surface area contributed by atoms with Crippen LogP contribution in [0.15, 0.2) is 23.3 Å². The molecule has 0 spiro atoms. The van der Waals surface area contributed by atoms with E-state index < -0.39 is 0 Å². The molecule has 2 rings (SSSR count). The van der Waals surface area contributed by atoms with Crippen molar-refractivity contribution in [3.63, 3.8) is 0 Å². The highest BCUT2D eigenvalue weighted by atomic mass is 32.2. The molecule has 1 unspecified atom stereocenters. The lowest BCUT2D eigenvalue weighted by atomic mass is 9.90. The minimum Gasteiger partial charge on any atom is -0.481 e. The second-order valence-electron chi connectivity index (χ2n) is 6.21. The number of nitrogens with zero attached hydrogens (tertiary/aromatic N) is 2. The van der Waals surface area contributed by atoms with E-state index in [4.69, 9.17) is 4.74 Å². The highest BCUT2D eigenvalue weighted by Gasteiger charge is 2.24. The van der Waals surface area contributed by atoms with E-state index in [0.717, 1.165) is 23.8 Å². The van der Waals surface area contributed by atoms with Crippen LogP contribution in [-0.4, -0.2) is 29.1 Å². The van der Waals surface area contributed by atoms with Gasteiger partial charge in [0, 0.05) is 24.1 Å². The Hall–Kier alpha value is -1.23. The van der Waals surface area contributed by atoms with E-state index in [1.54, 1.807) is 7.11 Å². The first kappa shape index (κ1) is 15.2. The molecule has 0 aromatic carbocycles. The molecule has 0 amide bonds. The van der Waals surface area contributed by atoms with Crippen molar-refractivity contribution < 1.29 is 4.74 Å². The van der Waals surface area contributed by atoms with E-state index in [2.05, 4.69) is 36.1 Å². The molecule has 0 saturated heterocycles. The second-order valence-corrected chi connectivity index (χ2v) is 7.50. The summed E-state index contributed by atoms with van der Waals surface area (Å²) in [6, 6.07) is 3.90. The maximum absolute atomic E-state index is 5.05. The summed E-state index contributed by atoms with van der Waals surface area (Å²) in [6.07, 6.45) is 3.02. The van der Waals surface area contributed by atoms with Crippen molar-refractivity contribution >= 4 is 16.9 Å². The first-order valence-electron chi connectivity index (χ1n) is 6.90. The Kier molecular flexibility index (Phi) is 4.91. The molecule has 0 fully saturated rings. The number of amidine groups is 1. The Balaban J connectivity index is 1.77. The van der Waals surface area contributed by atoms with Gasteiger partial charge in [0.05, 0.1) is 13.7 Å². The van der Waals surface area contributed by atoms with E-state index >= 15 is 0 Å². The Morgan fingerprint density at radius 1 is 1.40 bits per heavy atom. The molecule has 0 radical (unpaired) electrons. The van der Waals surface area contributed by atoms with Crippen molar-refractivity contribution in [2.75, 3.05) is 13.7 Å². The minimum absolute atomic E-state index is 0.364. The molecule has 0 saturated carbocycles. The SMILES string of the molecule is COc1ccc(CNC2=NCC(CC(C)(C)C)S2)cn1. The third-order valence-corrected chi connectivity index (χ3v) is 4.15. The summed E-state index contributed by atoms with van der Waals surface area (Å²) < 4.78 is 5.05. The number of pyridine rings is 1. The van der Waals surface area contributed by atoms with E-state index in [1.807, 2.05) is 30.1 Å². The number of aliphatic imine (C=N–C) groups is 1. The Morgan fingerprint density at radius 3 is 2.80 bits per heavy atom. The number of rotatable bonds is 4. The average molecular weight is 293 g/mol. The molecular formula is C15H23N3OS. The van der Waals surface area contributed by atoms with E-state index in [1.165, 1.54) is 6.42 Å². The van der Waals surface area contributed by atoms with Gasteiger partial charge in [0.15, 0.2) is 5.17 Å². The molecule has 1 aromatic rings. The topological polar surface area (TPSA) is 46.5 Å². The second kappa shape index (κ2) is 6.48. The summed E-state index contributed by atoms with van der Waals surface area (Å²) in [5, 5.41) is 5.04. The van der Waals surface area contributed by atoms with Gasteiger partial charge in [-0.25, -0.2) is 4.98 Å². The first-order valence-corrected chi connectivity index (χ1v) is 7.78. The molecule has 4 nitrogen and oxygen atoms in total. The lowest BCUT2D eigenvalue weighted by Crippen LogP contribution is -2.20. The Labute approximate surface area is 125 Å². The number of thioether (sulfide) groups is 1. The van der Waals surface area contributed by atoms with Crippen molar-refractivity contribution in [1.82, 2.24) is 10.3 Å². The molecule has 1 aliphatic rings. The smallest absolute Gasteiger partial charge is 0.212 e. The van der Waals surface area contributed by atoms with Crippen LogP contribution in [-0.2, 0) is 6.54 Å². The predicted molar refractivity (Wildman–Crippen MR) is 85.4 cm³/mol. The summed E-state index contributed by atoms with van der Waals surface area (Å²) >= 11 is 1.86. The zero-order valence-corrected chi connectivity index (χ0v) is 13.5. The fourth-order valence-electron chi connectivity index (χ4n) is 2.12. The van der Waals surface area contributed by atoms with Gasteiger partial charge in [-0.3, -0.25) is 4.99 Å². The highest BCUT2D eigenvalue weighted by Crippen LogP contribution is 2.31. The van der Waals surface area contributed by atoms with Gasteiger partial charge in [-0.1, -0.05) is 38.6 Å². The normalized spacial score (nSPS) is 18.8. The maximum Gasteiger partial charge on any atom is 0.212 e. The third-order valence-electron chi connectivity index (χ3n) is 3.01. The van der Waals surface area contributed by atoms with Crippen LogP contribution in [0, 0.1) is 5.41 Å². The molecule has 110 valence electrons. The van der Waals surface area contributed by atoms with E-state index in [-0.39, 0.29) is 0 Å². The number of aromatic nitrogens is 1. The Bertz CT molecular complexity index is 465. The van der Waals surface area contributed by atoms with Crippen molar-refractivity contribution in [2.45, 2.75) is 39.0 Å². The fraction of sp³-hybridized carbons (Fsp3) is 0.600. The van der Waals surface area contributed by atoms with Crippen LogP contribution in [0.4, 0.5) is 0 Å². The molecule has 2 heterocycles. The lowest BCUT2D eigenvalue weighted by molar-refractivity contribution is 0.375. The number of methoxy groups -OCH3 is 1. The van der Waals surface area contributed by atoms with Crippen LogP contribution >= 0.6 is 11.8 Å². The molecule has 0 aliphatic carbocycles. The zero-order chi connectivity index (χ0) is 14.6. The largest absolute Gasteiger partial charge is 0.481 e. The van der Waals surface area contributed by atoms with Crippen molar-refractivity contribution in [3.05, 3.63) is 23.9 Å². The molecule has 0 bridgehead atoms. The number of hydrogen-bond acceptors (Lipinski definition) is 5. The molecule has 1 N–H and O–H groups in total. The number of hydrogen-bond donors (Lipinski definition) is 1. The van der Waals surface area contributed by atoms with E-state index in [9.17, 15) is 0 Å². The van der Waals surface area contributed by atoms with Gasteiger partial charge in [0.25, 0.3) is 0 Å². The molecule has 5 heteroatoms. The summed E-state index contributed by atoms with van der Waals surface area (Å²) in [7, 11) is 1.62. The molecule has 1 atom stereocenters. The molecule has 20 heavy (non-hydrogen) atoms. The minimum atomic E-state index is 0.364. The highest BCUT2D eigenvalue weighted by molar-refractivity contribution is 8.14. The number of nitrogens with one attached hydrogen (secondary N) is 1. The van der Waals surface area contributed by atoms with Gasteiger partial charge in [0.1, 0.15) is 0 Å². The average Bonchev–Trinajstić information content (AvgIpc) is 2.82. The molecular weight excluding hydrogens is 270 g/mol. The van der Waals surface area contributed by atoms with Crippen LogP contribution in [0.2, 0.25) is 0 Å². The molecule has 1 aromatic heterocycles. The zero-order valence-electron chi connectivity index (χ0n) is 12.6. The standard InChI is InChI=1S/C15H23N3OS/c1-15(2,3)7-12-10-18-14(20-12)17-9-11-5-6-13(19-4)16-8-11/h5-6,8,12H,7,9-10H2,1-4H3,(H,17,18). The quantitative estimate of drug-likeness (QED) is 0.926. The summed E-state index contributed by atoms with van der Waals surface area (Å²) in [4.78, 5) is 8.77. The fourth-order valence-corrected chi connectivity index (χ4v) is 3.47. The van der Waals surface area contributed by atoms with E-state index in [0.29, 0.717) is 16.5 Å². The van der Waals surface area contributed by atoms with Gasteiger partial charge < -0.3 is 10.1 Å². The van der Waals surface area contributed by atoms with Crippen molar-refractivity contribution in [1.29, 1.82) is 0 Å². The molecule has 1 aliphatic heterocycles. The monoisotopic (exact) mass is 293 g/mol. The van der Waals surface area contributed by atoms with Gasteiger partial charge >= 0.3 is 0 Å². The van der Waals surface area contributed by atoms with Crippen LogP contribution in [0.1, 0.15) is 32.8 Å². The van der Waals surface area contributed by atoms with Gasteiger partial charge in [0.2, 0.25) is 5.88 Å². The summed E-state index contributed by atoms with van der Waals surface area (Å²) in [5.74, 6) is 0.645. The van der Waals surface area contributed by atoms with Gasteiger partial charge in [-0.05, 0) is 17.4 Å². The van der Waals surface area contributed by atoms with Crippen LogP contribution in [0.5, 0.6) is 5.88 Å². The Morgan fingerprint density at radius 2 is 2.20 bits per heavy atom. The van der Waals surface area contributed by atoms with Gasteiger partial charge in [-0.15, -0.1) is 0 Å². The summed E-state index contributed by atoms with van der Waals surface area (Å²) in [5.41, 5.74) is 1.50. The lowest BCUT2D eigenvalue weighted by Gasteiger charge is -2.21. The summed E-state index contributed by atoms with van der Waals surface area (Å²) in [6.45, 7) is 8.52. The van der Waals surface area contributed by atoms with Crippen molar-refractivity contribution in [3.8, 4) is 5.88 Å². The van der Waals surface area contributed by atoms with Crippen LogP contribution in [0.3, 0.4) is 0 Å².